The van der Waals surface area contributed by atoms with Gasteiger partial charge in [-0.05, 0) is 58.6 Å². The van der Waals surface area contributed by atoms with E-state index in [0.29, 0.717) is 28.1 Å². The molecule has 2 aromatic rings. The number of methoxy groups -OCH3 is 2. The van der Waals surface area contributed by atoms with Crippen LogP contribution < -0.4 is 19.7 Å². The number of hydrogen-bond acceptors (Lipinski definition) is 4. The zero-order valence-electron chi connectivity index (χ0n) is 15.0. The van der Waals surface area contributed by atoms with E-state index < -0.39 is 0 Å². The van der Waals surface area contributed by atoms with Crippen molar-refractivity contribution in [1.82, 2.24) is 5.32 Å². The van der Waals surface area contributed by atoms with Crippen LogP contribution in [0.25, 0.3) is 0 Å². The van der Waals surface area contributed by atoms with E-state index in [2.05, 4.69) is 50.4 Å². The second kappa shape index (κ2) is 8.45. The maximum absolute atomic E-state index is 12.5. The Hall–Kier alpha value is -2.21. The fraction of sp³-hybridized carbons (Fsp3) is 0.350. The second-order valence-electron chi connectivity index (χ2n) is 6.24. The van der Waals surface area contributed by atoms with E-state index in [-0.39, 0.29) is 5.91 Å². The van der Waals surface area contributed by atoms with Crippen LogP contribution in [0.2, 0.25) is 0 Å². The normalized spacial score (nSPS) is 13.6. The van der Waals surface area contributed by atoms with Gasteiger partial charge in [0.15, 0.2) is 0 Å². The molecule has 2 aromatic carbocycles. The summed E-state index contributed by atoms with van der Waals surface area (Å²) in [6.07, 6.45) is 2.52. The largest absolute Gasteiger partial charge is 0.495 e. The van der Waals surface area contributed by atoms with Crippen LogP contribution in [0.1, 0.15) is 28.8 Å². The first-order valence-corrected chi connectivity index (χ1v) is 9.45. The minimum Gasteiger partial charge on any atom is -0.495 e. The van der Waals surface area contributed by atoms with Crippen LogP contribution in [0.4, 0.5) is 5.69 Å². The summed E-state index contributed by atoms with van der Waals surface area (Å²) in [4.78, 5) is 14.9. The van der Waals surface area contributed by atoms with Crippen molar-refractivity contribution in [2.75, 3.05) is 32.2 Å². The smallest absolute Gasteiger partial charge is 0.251 e. The molecule has 0 radical (unpaired) electrons. The number of benzene rings is 2. The topological polar surface area (TPSA) is 50.8 Å². The van der Waals surface area contributed by atoms with Crippen molar-refractivity contribution in [2.45, 2.75) is 19.4 Å². The summed E-state index contributed by atoms with van der Waals surface area (Å²) < 4.78 is 11.3. The molecule has 1 N–H and O–H groups in total. The second-order valence-corrected chi connectivity index (χ2v) is 7.03. The van der Waals surface area contributed by atoms with Crippen LogP contribution in [-0.2, 0) is 6.54 Å². The Balaban J connectivity index is 1.65. The first-order valence-electron chi connectivity index (χ1n) is 8.66. The highest BCUT2D eigenvalue weighted by Gasteiger charge is 2.15. The molecular formula is C20H23BrN2O3. The number of hydrogen-bond donors (Lipinski definition) is 1. The van der Waals surface area contributed by atoms with Gasteiger partial charge in [0, 0.05) is 30.9 Å². The lowest BCUT2D eigenvalue weighted by molar-refractivity contribution is 0.0950. The number of halogens is 1. The molecule has 0 saturated carbocycles. The van der Waals surface area contributed by atoms with Crippen molar-refractivity contribution in [3.8, 4) is 11.5 Å². The van der Waals surface area contributed by atoms with Gasteiger partial charge in [-0.2, -0.15) is 0 Å². The lowest BCUT2D eigenvalue weighted by Gasteiger charge is -2.17. The van der Waals surface area contributed by atoms with E-state index in [1.807, 2.05) is 0 Å². The molecule has 1 fully saturated rings. The van der Waals surface area contributed by atoms with Crippen molar-refractivity contribution >= 4 is 27.5 Å². The predicted octanol–water partition coefficient (Wildman–Crippen LogP) is 4.00. The molecule has 1 aliphatic rings. The molecule has 26 heavy (non-hydrogen) atoms. The van der Waals surface area contributed by atoms with Crippen LogP contribution in [0, 0.1) is 0 Å². The van der Waals surface area contributed by atoms with E-state index in [1.165, 1.54) is 18.5 Å². The Labute approximate surface area is 162 Å². The number of carbonyl (C=O) groups is 1. The van der Waals surface area contributed by atoms with Crippen LogP contribution in [0.15, 0.2) is 40.9 Å². The van der Waals surface area contributed by atoms with Crippen molar-refractivity contribution < 1.29 is 14.3 Å². The molecule has 1 aliphatic heterocycles. The van der Waals surface area contributed by atoms with Gasteiger partial charge in [0.05, 0.1) is 14.2 Å². The van der Waals surface area contributed by atoms with Gasteiger partial charge in [-0.25, -0.2) is 0 Å². The SMILES string of the molecule is COc1cc(C(=O)NCc2ccc(N3CCCC3)cc2)cc(OC)c1Br. The molecule has 0 atom stereocenters. The number of nitrogens with zero attached hydrogens (tertiary/aromatic N) is 1. The van der Waals surface area contributed by atoms with Gasteiger partial charge in [0.25, 0.3) is 5.91 Å². The summed E-state index contributed by atoms with van der Waals surface area (Å²) in [5.41, 5.74) is 2.81. The third-order valence-corrected chi connectivity index (χ3v) is 5.35. The Morgan fingerprint density at radius 2 is 1.65 bits per heavy atom. The molecule has 0 aromatic heterocycles. The monoisotopic (exact) mass is 418 g/mol. The van der Waals surface area contributed by atoms with E-state index in [1.54, 1.807) is 26.4 Å². The van der Waals surface area contributed by atoms with Crippen molar-refractivity contribution in [1.29, 1.82) is 0 Å². The summed E-state index contributed by atoms with van der Waals surface area (Å²) in [5, 5.41) is 2.95. The molecule has 0 bridgehead atoms. The quantitative estimate of drug-likeness (QED) is 0.769. The van der Waals surface area contributed by atoms with E-state index in [4.69, 9.17) is 9.47 Å². The number of ether oxygens (including phenoxy) is 2. The van der Waals surface area contributed by atoms with Gasteiger partial charge in [-0.15, -0.1) is 0 Å². The third kappa shape index (κ3) is 4.12. The highest BCUT2D eigenvalue weighted by Crippen LogP contribution is 2.35. The van der Waals surface area contributed by atoms with Gasteiger partial charge in [-0.1, -0.05) is 12.1 Å². The summed E-state index contributed by atoms with van der Waals surface area (Å²) >= 11 is 3.41. The fourth-order valence-electron chi connectivity index (χ4n) is 3.08. The summed E-state index contributed by atoms with van der Waals surface area (Å²) in [7, 11) is 3.12. The average molecular weight is 419 g/mol. The van der Waals surface area contributed by atoms with Crippen molar-refractivity contribution in [2.24, 2.45) is 0 Å². The fourth-order valence-corrected chi connectivity index (χ4v) is 3.64. The third-order valence-electron chi connectivity index (χ3n) is 4.57. The van der Waals surface area contributed by atoms with Gasteiger partial charge < -0.3 is 19.7 Å². The Morgan fingerprint density at radius 3 is 2.19 bits per heavy atom. The van der Waals surface area contributed by atoms with Crippen LogP contribution in [0.3, 0.4) is 0 Å². The lowest BCUT2D eigenvalue weighted by atomic mass is 10.1. The van der Waals surface area contributed by atoms with Crippen molar-refractivity contribution in [3.63, 3.8) is 0 Å². The molecule has 0 unspecified atom stereocenters. The van der Waals surface area contributed by atoms with E-state index in [9.17, 15) is 4.79 Å². The summed E-state index contributed by atoms with van der Waals surface area (Å²) in [6.45, 7) is 2.73. The van der Waals surface area contributed by atoms with E-state index in [0.717, 1.165) is 18.7 Å². The summed E-state index contributed by atoms with van der Waals surface area (Å²) in [6, 6.07) is 11.8. The zero-order valence-corrected chi connectivity index (χ0v) is 16.6. The first-order chi connectivity index (χ1) is 12.6. The molecule has 1 saturated heterocycles. The highest BCUT2D eigenvalue weighted by atomic mass is 79.9. The molecule has 0 aliphatic carbocycles. The minimum atomic E-state index is -0.169. The number of amides is 1. The maximum atomic E-state index is 12.5. The Bertz CT molecular complexity index is 746. The predicted molar refractivity (Wildman–Crippen MR) is 106 cm³/mol. The molecule has 0 spiro atoms. The van der Waals surface area contributed by atoms with Gasteiger partial charge >= 0.3 is 0 Å². The number of carbonyl (C=O) groups excluding carboxylic acids is 1. The first kappa shape index (κ1) is 18.6. The molecule has 138 valence electrons. The maximum Gasteiger partial charge on any atom is 0.251 e. The molecule has 3 rings (SSSR count). The van der Waals surface area contributed by atoms with Gasteiger partial charge in [-0.3, -0.25) is 4.79 Å². The van der Waals surface area contributed by atoms with E-state index >= 15 is 0 Å². The van der Waals surface area contributed by atoms with Crippen LogP contribution in [-0.4, -0.2) is 33.2 Å². The van der Waals surface area contributed by atoms with Crippen molar-refractivity contribution in [3.05, 3.63) is 52.0 Å². The molecule has 6 heteroatoms. The number of rotatable bonds is 6. The zero-order chi connectivity index (χ0) is 18.5. The number of anilines is 1. The van der Waals surface area contributed by atoms with Gasteiger partial charge in [0.1, 0.15) is 16.0 Å². The van der Waals surface area contributed by atoms with Crippen LogP contribution in [0.5, 0.6) is 11.5 Å². The highest BCUT2D eigenvalue weighted by molar-refractivity contribution is 9.10. The number of nitrogens with one attached hydrogen (secondary N) is 1. The average Bonchev–Trinajstić information content (AvgIpc) is 3.21. The minimum absolute atomic E-state index is 0.169. The lowest BCUT2D eigenvalue weighted by Crippen LogP contribution is -2.23. The Morgan fingerprint density at radius 1 is 1.08 bits per heavy atom. The molecular weight excluding hydrogens is 396 g/mol. The molecule has 1 heterocycles. The van der Waals surface area contributed by atoms with Gasteiger partial charge in [0.2, 0.25) is 0 Å². The van der Waals surface area contributed by atoms with Crippen LogP contribution >= 0.6 is 15.9 Å². The standard InChI is InChI=1S/C20H23BrN2O3/c1-25-17-11-15(12-18(26-2)19(17)21)20(24)22-13-14-5-7-16(8-6-14)23-9-3-4-10-23/h5-8,11-12H,3-4,9-10,13H2,1-2H3,(H,22,24). The molecule has 1 amide bonds. The summed E-state index contributed by atoms with van der Waals surface area (Å²) in [5.74, 6) is 0.951. The molecule has 5 nitrogen and oxygen atoms in total. The Kier molecular flexibility index (Phi) is 6.04.